The molecule has 0 aromatic carbocycles. The summed E-state index contributed by atoms with van der Waals surface area (Å²) in [7, 11) is 0. The van der Waals surface area contributed by atoms with Crippen LogP contribution in [0.4, 0.5) is 5.13 Å². The van der Waals surface area contributed by atoms with Crippen molar-refractivity contribution in [2.24, 2.45) is 0 Å². The van der Waals surface area contributed by atoms with Crippen LogP contribution in [0.5, 0.6) is 0 Å². The van der Waals surface area contributed by atoms with Crippen LogP contribution in [0.2, 0.25) is 0 Å². The van der Waals surface area contributed by atoms with E-state index >= 15 is 0 Å². The Labute approximate surface area is 126 Å². The van der Waals surface area contributed by atoms with Gasteiger partial charge >= 0.3 is 0 Å². The molecule has 0 aliphatic heterocycles. The SMILES string of the molecule is O=C(Cn1ccccc1=O)Nc1nc2c(s1)CCCCC2. The van der Waals surface area contributed by atoms with Gasteiger partial charge in [0.2, 0.25) is 5.91 Å². The van der Waals surface area contributed by atoms with E-state index in [1.54, 1.807) is 29.7 Å². The van der Waals surface area contributed by atoms with Crippen molar-refractivity contribution >= 4 is 22.4 Å². The van der Waals surface area contributed by atoms with Gasteiger partial charge < -0.3 is 9.88 Å². The maximum atomic E-state index is 12.0. The number of carbonyl (C=O) groups excluding carboxylic acids is 1. The van der Waals surface area contributed by atoms with E-state index in [0.717, 1.165) is 18.5 Å². The molecule has 0 atom stereocenters. The third-order valence-corrected chi connectivity index (χ3v) is 4.63. The monoisotopic (exact) mass is 303 g/mol. The molecule has 0 unspecified atom stereocenters. The Morgan fingerprint density at radius 1 is 1.29 bits per heavy atom. The molecule has 1 aliphatic rings. The summed E-state index contributed by atoms with van der Waals surface area (Å²) in [6, 6.07) is 4.84. The van der Waals surface area contributed by atoms with Crippen LogP contribution in [-0.2, 0) is 24.2 Å². The number of aryl methyl sites for hydroxylation is 2. The smallest absolute Gasteiger partial charge is 0.250 e. The lowest BCUT2D eigenvalue weighted by molar-refractivity contribution is -0.116. The van der Waals surface area contributed by atoms with E-state index in [9.17, 15) is 9.59 Å². The van der Waals surface area contributed by atoms with Gasteiger partial charge in [0.25, 0.3) is 5.56 Å². The summed E-state index contributed by atoms with van der Waals surface area (Å²) in [4.78, 5) is 29.4. The Balaban J connectivity index is 1.68. The standard InChI is InChI=1S/C15H17N3O2S/c19-13(10-18-9-5-4-8-14(18)20)17-15-16-11-6-2-1-3-7-12(11)21-15/h4-5,8-9H,1-3,6-7,10H2,(H,16,17,19). The molecular weight excluding hydrogens is 286 g/mol. The Morgan fingerprint density at radius 2 is 2.14 bits per heavy atom. The number of pyridine rings is 1. The topological polar surface area (TPSA) is 64.0 Å². The van der Waals surface area contributed by atoms with Gasteiger partial charge in [-0.05, 0) is 31.7 Å². The number of nitrogens with zero attached hydrogens (tertiary/aromatic N) is 2. The zero-order valence-corrected chi connectivity index (χ0v) is 12.5. The molecule has 0 bridgehead atoms. The molecule has 0 saturated carbocycles. The molecule has 2 heterocycles. The van der Waals surface area contributed by atoms with Crippen LogP contribution in [0.15, 0.2) is 29.2 Å². The maximum absolute atomic E-state index is 12.0. The highest BCUT2D eigenvalue weighted by molar-refractivity contribution is 7.15. The minimum absolute atomic E-state index is 0.0178. The summed E-state index contributed by atoms with van der Waals surface area (Å²) in [5, 5.41) is 3.45. The molecule has 0 radical (unpaired) electrons. The number of rotatable bonds is 3. The highest BCUT2D eigenvalue weighted by Crippen LogP contribution is 2.28. The number of nitrogens with one attached hydrogen (secondary N) is 1. The number of thiazole rings is 1. The largest absolute Gasteiger partial charge is 0.306 e. The summed E-state index contributed by atoms with van der Waals surface area (Å²) < 4.78 is 1.38. The second-order valence-corrected chi connectivity index (χ2v) is 6.25. The zero-order chi connectivity index (χ0) is 14.7. The van der Waals surface area contributed by atoms with Crippen LogP contribution in [0.3, 0.4) is 0 Å². The van der Waals surface area contributed by atoms with Crippen molar-refractivity contribution in [3.05, 3.63) is 45.3 Å². The summed E-state index contributed by atoms with van der Waals surface area (Å²) >= 11 is 1.56. The first-order valence-corrected chi connectivity index (χ1v) is 7.98. The van der Waals surface area contributed by atoms with E-state index in [4.69, 9.17) is 0 Å². The third-order valence-electron chi connectivity index (χ3n) is 3.55. The quantitative estimate of drug-likeness (QED) is 0.884. The molecule has 1 N–H and O–H groups in total. The van der Waals surface area contributed by atoms with Crippen LogP contribution in [-0.4, -0.2) is 15.5 Å². The molecule has 6 heteroatoms. The van der Waals surface area contributed by atoms with Crippen LogP contribution in [0.25, 0.3) is 0 Å². The van der Waals surface area contributed by atoms with Gasteiger partial charge in [-0.15, -0.1) is 11.3 Å². The summed E-state index contributed by atoms with van der Waals surface area (Å²) in [5.74, 6) is -0.216. The summed E-state index contributed by atoms with van der Waals surface area (Å²) in [5.41, 5.74) is 0.951. The lowest BCUT2D eigenvalue weighted by Gasteiger charge is -2.04. The van der Waals surface area contributed by atoms with E-state index < -0.39 is 0 Å². The molecular formula is C15H17N3O2S. The summed E-state index contributed by atoms with van der Waals surface area (Å²) in [6.07, 6.45) is 7.28. The van der Waals surface area contributed by atoms with Crippen LogP contribution in [0.1, 0.15) is 29.8 Å². The fourth-order valence-electron chi connectivity index (χ4n) is 2.49. The van der Waals surface area contributed by atoms with Crippen molar-refractivity contribution in [2.75, 3.05) is 5.32 Å². The minimum Gasteiger partial charge on any atom is -0.306 e. The molecule has 2 aromatic rings. The van der Waals surface area contributed by atoms with Gasteiger partial charge in [0.1, 0.15) is 6.54 Å². The van der Waals surface area contributed by atoms with E-state index in [2.05, 4.69) is 10.3 Å². The van der Waals surface area contributed by atoms with Crippen LogP contribution >= 0.6 is 11.3 Å². The normalized spacial score (nSPS) is 14.3. The number of carbonyl (C=O) groups is 1. The second-order valence-electron chi connectivity index (χ2n) is 5.16. The Morgan fingerprint density at radius 3 is 3.00 bits per heavy atom. The number of anilines is 1. The Hall–Kier alpha value is -1.95. The number of hydrogen-bond donors (Lipinski definition) is 1. The van der Waals surface area contributed by atoms with Crippen molar-refractivity contribution < 1.29 is 4.79 Å². The van der Waals surface area contributed by atoms with Crippen molar-refractivity contribution in [3.8, 4) is 0 Å². The van der Waals surface area contributed by atoms with Gasteiger partial charge in [-0.3, -0.25) is 9.59 Å². The number of amides is 1. The van der Waals surface area contributed by atoms with E-state index in [0.29, 0.717) is 5.13 Å². The number of fused-ring (bicyclic) bond motifs is 1. The second kappa shape index (κ2) is 6.22. The van der Waals surface area contributed by atoms with E-state index in [1.807, 2.05) is 0 Å². The predicted octanol–water partition coefficient (Wildman–Crippen LogP) is 2.21. The van der Waals surface area contributed by atoms with Crippen molar-refractivity contribution in [2.45, 2.75) is 38.6 Å². The first kappa shape index (κ1) is 14.0. The molecule has 21 heavy (non-hydrogen) atoms. The molecule has 3 rings (SSSR count). The fourth-order valence-corrected chi connectivity index (χ4v) is 3.55. The van der Waals surface area contributed by atoms with Gasteiger partial charge in [0, 0.05) is 17.1 Å². The van der Waals surface area contributed by atoms with Gasteiger partial charge in [-0.25, -0.2) is 4.98 Å². The fraction of sp³-hybridized carbons (Fsp3) is 0.400. The first-order chi connectivity index (χ1) is 10.2. The predicted molar refractivity (Wildman–Crippen MR) is 82.7 cm³/mol. The zero-order valence-electron chi connectivity index (χ0n) is 11.7. The van der Waals surface area contributed by atoms with Crippen LogP contribution in [0, 0.1) is 0 Å². The van der Waals surface area contributed by atoms with Gasteiger partial charge in [0.05, 0.1) is 5.69 Å². The lowest BCUT2D eigenvalue weighted by Crippen LogP contribution is -2.26. The maximum Gasteiger partial charge on any atom is 0.250 e. The molecule has 5 nitrogen and oxygen atoms in total. The highest BCUT2D eigenvalue weighted by atomic mass is 32.1. The van der Waals surface area contributed by atoms with Gasteiger partial charge in [-0.1, -0.05) is 12.5 Å². The molecule has 0 fully saturated rings. The van der Waals surface area contributed by atoms with Crippen molar-refractivity contribution in [3.63, 3.8) is 0 Å². The summed E-state index contributed by atoms with van der Waals surface area (Å²) in [6.45, 7) is 0.0178. The van der Waals surface area contributed by atoms with Gasteiger partial charge in [-0.2, -0.15) is 0 Å². The van der Waals surface area contributed by atoms with Crippen LogP contribution < -0.4 is 10.9 Å². The van der Waals surface area contributed by atoms with Crippen molar-refractivity contribution in [1.82, 2.24) is 9.55 Å². The molecule has 1 aliphatic carbocycles. The average molecular weight is 303 g/mol. The minimum atomic E-state index is -0.216. The number of aromatic nitrogens is 2. The average Bonchev–Trinajstić information content (AvgIpc) is 2.70. The third kappa shape index (κ3) is 3.39. The molecule has 2 aromatic heterocycles. The lowest BCUT2D eigenvalue weighted by atomic mass is 10.2. The number of hydrogen-bond acceptors (Lipinski definition) is 4. The molecule has 1 amide bonds. The van der Waals surface area contributed by atoms with Crippen molar-refractivity contribution in [1.29, 1.82) is 0 Å². The first-order valence-electron chi connectivity index (χ1n) is 7.16. The molecule has 0 spiro atoms. The van der Waals surface area contributed by atoms with E-state index in [1.165, 1.54) is 34.8 Å². The molecule has 0 saturated heterocycles. The van der Waals surface area contributed by atoms with Gasteiger partial charge in [0.15, 0.2) is 5.13 Å². The Bertz CT molecular complexity index is 681. The van der Waals surface area contributed by atoms with E-state index in [-0.39, 0.29) is 18.0 Å². The Kier molecular flexibility index (Phi) is 4.15. The highest BCUT2D eigenvalue weighted by Gasteiger charge is 2.15. The molecule has 110 valence electrons.